The van der Waals surface area contributed by atoms with Gasteiger partial charge in [-0.25, -0.2) is 17.5 Å². The number of rotatable bonds is 6. The van der Waals surface area contributed by atoms with Gasteiger partial charge in [0.1, 0.15) is 4.90 Å². The molecule has 5 nitrogen and oxygen atoms in total. The van der Waals surface area contributed by atoms with Crippen LogP contribution in [0, 0.1) is 11.7 Å². The first-order valence-corrected chi connectivity index (χ1v) is 7.28. The molecule has 106 valence electrons. The van der Waals surface area contributed by atoms with Crippen LogP contribution in [-0.2, 0) is 14.8 Å². The smallest absolute Gasteiger partial charge is 0.306 e. The molecule has 1 unspecified atom stereocenters. The molecule has 8 heteroatoms. The summed E-state index contributed by atoms with van der Waals surface area (Å²) < 4.78 is 39.3. The summed E-state index contributed by atoms with van der Waals surface area (Å²) in [5.41, 5.74) is 0. The largest absolute Gasteiger partial charge is 0.481 e. The van der Waals surface area contributed by atoms with Crippen LogP contribution >= 0.6 is 11.6 Å². The van der Waals surface area contributed by atoms with Crippen molar-refractivity contribution in [3.63, 3.8) is 0 Å². The van der Waals surface area contributed by atoms with Crippen LogP contribution in [0.2, 0.25) is 5.02 Å². The second-order valence-corrected chi connectivity index (χ2v) is 6.12. The Morgan fingerprint density at radius 2 is 2.16 bits per heavy atom. The third-order valence-electron chi connectivity index (χ3n) is 2.50. The molecule has 0 amide bonds. The summed E-state index contributed by atoms with van der Waals surface area (Å²) in [4.78, 5) is 10.0. The Labute approximate surface area is 115 Å². The lowest BCUT2D eigenvalue weighted by Crippen LogP contribution is -2.28. The second kappa shape index (κ2) is 6.31. The number of sulfonamides is 1. The maximum absolute atomic E-state index is 13.6. The summed E-state index contributed by atoms with van der Waals surface area (Å²) in [7, 11) is -4.04. The Hall–Kier alpha value is -1.18. The zero-order valence-corrected chi connectivity index (χ0v) is 11.6. The zero-order chi connectivity index (χ0) is 14.6. The fourth-order valence-electron chi connectivity index (χ4n) is 1.30. The molecule has 0 aliphatic carbocycles. The van der Waals surface area contributed by atoms with E-state index in [1.165, 1.54) is 19.1 Å². The molecule has 0 aliphatic rings. The molecule has 1 rings (SSSR count). The summed E-state index contributed by atoms with van der Waals surface area (Å²) >= 11 is 5.50. The normalized spacial score (nSPS) is 13.2. The molecular formula is C11H13ClFNO4S. The Bertz CT molecular complexity index is 576. The van der Waals surface area contributed by atoms with Crippen molar-refractivity contribution in [1.82, 2.24) is 4.72 Å². The van der Waals surface area contributed by atoms with Gasteiger partial charge in [0.25, 0.3) is 0 Å². The number of benzene rings is 1. The Morgan fingerprint density at radius 1 is 1.53 bits per heavy atom. The standard InChI is InChI=1S/C11H13ClFNO4S/c1-7(11(15)16)5-6-14-19(17,18)9-4-2-3-8(12)10(9)13/h2-4,7,14H,5-6H2,1H3,(H,15,16). The number of hydrogen-bond donors (Lipinski definition) is 2. The van der Waals surface area contributed by atoms with Gasteiger partial charge >= 0.3 is 5.97 Å². The highest BCUT2D eigenvalue weighted by molar-refractivity contribution is 7.89. The average molecular weight is 310 g/mol. The van der Waals surface area contributed by atoms with Crippen LogP contribution < -0.4 is 4.72 Å². The number of nitrogens with one attached hydrogen (secondary N) is 1. The van der Waals surface area contributed by atoms with Gasteiger partial charge in [-0.3, -0.25) is 4.79 Å². The van der Waals surface area contributed by atoms with Gasteiger partial charge in [0.15, 0.2) is 5.82 Å². The number of aliphatic carboxylic acids is 1. The molecule has 0 heterocycles. The molecule has 2 N–H and O–H groups in total. The zero-order valence-electron chi connectivity index (χ0n) is 10.1. The highest BCUT2D eigenvalue weighted by Gasteiger charge is 2.21. The number of halogens is 2. The van der Waals surface area contributed by atoms with E-state index in [2.05, 4.69) is 4.72 Å². The Kier molecular flexibility index (Phi) is 5.28. The fraction of sp³-hybridized carbons (Fsp3) is 0.364. The topological polar surface area (TPSA) is 83.5 Å². The van der Waals surface area contributed by atoms with E-state index in [4.69, 9.17) is 16.7 Å². The SMILES string of the molecule is CC(CCNS(=O)(=O)c1cccc(Cl)c1F)C(=O)O. The van der Waals surface area contributed by atoms with Gasteiger partial charge in [0, 0.05) is 6.54 Å². The first-order chi connectivity index (χ1) is 8.75. The maximum Gasteiger partial charge on any atom is 0.306 e. The second-order valence-electron chi connectivity index (χ2n) is 3.98. The summed E-state index contributed by atoms with van der Waals surface area (Å²) in [6, 6.07) is 3.65. The molecule has 19 heavy (non-hydrogen) atoms. The van der Waals surface area contributed by atoms with Gasteiger partial charge in [-0.05, 0) is 18.6 Å². The molecule has 0 saturated carbocycles. The molecule has 0 saturated heterocycles. The van der Waals surface area contributed by atoms with E-state index in [1.807, 2.05) is 0 Å². The lowest BCUT2D eigenvalue weighted by Gasteiger charge is -2.09. The average Bonchev–Trinajstić information content (AvgIpc) is 2.31. The van der Waals surface area contributed by atoms with Crippen LogP contribution in [0.5, 0.6) is 0 Å². The van der Waals surface area contributed by atoms with E-state index in [0.29, 0.717) is 0 Å². The highest BCUT2D eigenvalue weighted by Crippen LogP contribution is 2.21. The Balaban J connectivity index is 2.77. The van der Waals surface area contributed by atoms with Crippen molar-refractivity contribution < 1.29 is 22.7 Å². The molecule has 0 spiro atoms. The van der Waals surface area contributed by atoms with Crippen LogP contribution in [0.15, 0.2) is 23.1 Å². The van der Waals surface area contributed by atoms with Crippen LogP contribution in [0.1, 0.15) is 13.3 Å². The Morgan fingerprint density at radius 3 is 2.74 bits per heavy atom. The molecule has 0 radical (unpaired) electrons. The fourth-order valence-corrected chi connectivity index (χ4v) is 2.68. The highest BCUT2D eigenvalue weighted by atomic mass is 35.5. The van der Waals surface area contributed by atoms with Crippen molar-refractivity contribution in [2.45, 2.75) is 18.2 Å². The predicted octanol–water partition coefficient (Wildman–Crippen LogP) is 1.87. The van der Waals surface area contributed by atoms with Crippen molar-refractivity contribution in [1.29, 1.82) is 0 Å². The van der Waals surface area contributed by atoms with Gasteiger partial charge in [-0.1, -0.05) is 24.6 Å². The monoisotopic (exact) mass is 309 g/mol. The molecular weight excluding hydrogens is 297 g/mol. The van der Waals surface area contributed by atoms with E-state index >= 15 is 0 Å². The third-order valence-corrected chi connectivity index (χ3v) is 4.27. The van der Waals surface area contributed by atoms with Gasteiger partial charge in [0.05, 0.1) is 10.9 Å². The van der Waals surface area contributed by atoms with Crippen molar-refractivity contribution in [2.24, 2.45) is 5.92 Å². The van der Waals surface area contributed by atoms with Crippen molar-refractivity contribution in [3.8, 4) is 0 Å². The minimum Gasteiger partial charge on any atom is -0.481 e. The van der Waals surface area contributed by atoms with Gasteiger partial charge in [-0.2, -0.15) is 0 Å². The molecule has 0 bridgehead atoms. The summed E-state index contributed by atoms with van der Waals surface area (Å²) in [5.74, 6) is -2.73. The first kappa shape index (κ1) is 15.9. The van der Waals surface area contributed by atoms with Crippen LogP contribution in [0.4, 0.5) is 4.39 Å². The molecule has 1 aromatic rings. The molecule has 0 fully saturated rings. The molecule has 1 aromatic carbocycles. The predicted molar refractivity (Wildman–Crippen MR) is 68.0 cm³/mol. The number of carboxylic acid groups (broad SMARTS) is 1. The third kappa shape index (κ3) is 4.15. The molecule has 0 aliphatic heterocycles. The van der Waals surface area contributed by atoms with E-state index in [0.717, 1.165) is 6.07 Å². The summed E-state index contributed by atoms with van der Waals surface area (Å²) in [6.45, 7) is 1.36. The van der Waals surface area contributed by atoms with Gasteiger partial charge in [-0.15, -0.1) is 0 Å². The molecule has 0 aromatic heterocycles. The van der Waals surface area contributed by atoms with Crippen LogP contribution in [0.25, 0.3) is 0 Å². The van der Waals surface area contributed by atoms with Crippen molar-refractivity contribution >= 4 is 27.6 Å². The minimum absolute atomic E-state index is 0.0955. The summed E-state index contributed by atoms with van der Waals surface area (Å²) in [6.07, 6.45) is 0.108. The van der Waals surface area contributed by atoms with Gasteiger partial charge < -0.3 is 5.11 Å². The lowest BCUT2D eigenvalue weighted by molar-refractivity contribution is -0.141. The van der Waals surface area contributed by atoms with E-state index in [9.17, 15) is 17.6 Å². The van der Waals surface area contributed by atoms with Crippen molar-refractivity contribution in [3.05, 3.63) is 29.0 Å². The van der Waals surface area contributed by atoms with Crippen molar-refractivity contribution in [2.75, 3.05) is 6.54 Å². The maximum atomic E-state index is 13.6. The van der Waals surface area contributed by atoms with E-state index < -0.39 is 32.6 Å². The summed E-state index contributed by atoms with van der Waals surface area (Å²) in [5, 5.41) is 8.36. The molecule has 1 atom stereocenters. The van der Waals surface area contributed by atoms with Gasteiger partial charge in [0.2, 0.25) is 10.0 Å². The van der Waals surface area contributed by atoms with Crippen LogP contribution in [0.3, 0.4) is 0 Å². The van der Waals surface area contributed by atoms with Crippen LogP contribution in [-0.4, -0.2) is 26.0 Å². The number of carbonyl (C=O) groups is 1. The quantitative estimate of drug-likeness (QED) is 0.840. The van der Waals surface area contributed by atoms with E-state index in [1.54, 1.807) is 0 Å². The van der Waals surface area contributed by atoms with E-state index in [-0.39, 0.29) is 18.0 Å². The number of hydrogen-bond acceptors (Lipinski definition) is 3. The number of carboxylic acids is 1. The minimum atomic E-state index is -4.04. The first-order valence-electron chi connectivity index (χ1n) is 5.42. The lowest BCUT2D eigenvalue weighted by atomic mass is 10.1.